The summed E-state index contributed by atoms with van der Waals surface area (Å²) in [6, 6.07) is 4.49. The van der Waals surface area contributed by atoms with Crippen molar-refractivity contribution in [3.63, 3.8) is 0 Å². The molecular weight excluding hydrogens is 283 g/mol. The van der Waals surface area contributed by atoms with E-state index in [0.717, 1.165) is 11.3 Å². The fourth-order valence-electron chi connectivity index (χ4n) is 2.14. The molecular formula is C16H21FN4O. The Hall–Kier alpha value is -2.21. The van der Waals surface area contributed by atoms with Crippen molar-refractivity contribution in [1.82, 2.24) is 20.4 Å². The molecule has 0 atom stereocenters. The van der Waals surface area contributed by atoms with Crippen molar-refractivity contribution in [3.8, 4) is 0 Å². The molecule has 0 saturated heterocycles. The molecule has 22 heavy (non-hydrogen) atoms. The van der Waals surface area contributed by atoms with Gasteiger partial charge in [-0.25, -0.2) is 4.39 Å². The normalized spacial score (nSPS) is 10.7. The van der Waals surface area contributed by atoms with Gasteiger partial charge in [-0.15, -0.1) is 0 Å². The lowest BCUT2D eigenvalue weighted by atomic mass is 10.1. The first-order valence-corrected chi connectivity index (χ1v) is 7.21. The van der Waals surface area contributed by atoms with Crippen molar-refractivity contribution < 1.29 is 9.18 Å². The number of hydrogen-bond acceptors (Lipinski definition) is 3. The average Bonchev–Trinajstić information content (AvgIpc) is 2.79. The van der Waals surface area contributed by atoms with Crippen LogP contribution < -0.4 is 10.6 Å². The van der Waals surface area contributed by atoms with Crippen molar-refractivity contribution in [2.45, 2.75) is 20.4 Å². The number of halogens is 1. The number of aryl methyl sites for hydroxylation is 3. The first-order valence-electron chi connectivity index (χ1n) is 7.21. The van der Waals surface area contributed by atoms with Gasteiger partial charge in [0.25, 0.3) is 5.91 Å². The predicted molar refractivity (Wildman–Crippen MR) is 83.1 cm³/mol. The van der Waals surface area contributed by atoms with Crippen LogP contribution in [0.15, 0.2) is 24.4 Å². The summed E-state index contributed by atoms with van der Waals surface area (Å²) in [7, 11) is 1.89. The molecule has 0 fully saturated rings. The number of nitrogens with one attached hydrogen (secondary N) is 2. The van der Waals surface area contributed by atoms with E-state index >= 15 is 0 Å². The summed E-state index contributed by atoms with van der Waals surface area (Å²) >= 11 is 0. The lowest BCUT2D eigenvalue weighted by Crippen LogP contribution is -2.31. The van der Waals surface area contributed by atoms with Crippen LogP contribution in [0.4, 0.5) is 4.39 Å². The van der Waals surface area contributed by atoms with Gasteiger partial charge in [-0.2, -0.15) is 5.10 Å². The summed E-state index contributed by atoms with van der Waals surface area (Å²) < 4.78 is 15.2. The minimum atomic E-state index is -0.364. The average molecular weight is 304 g/mol. The van der Waals surface area contributed by atoms with Gasteiger partial charge in [-0.05, 0) is 37.1 Å². The molecule has 1 amide bonds. The number of hydrogen-bond donors (Lipinski definition) is 2. The third-order valence-electron chi connectivity index (χ3n) is 3.43. The van der Waals surface area contributed by atoms with Crippen LogP contribution in [0.2, 0.25) is 0 Å². The van der Waals surface area contributed by atoms with Gasteiger partial charge < -0.3 is 10.6 Å². The summed E-state index contributed by atoms with van der Waals surface area (Å²) in [4.78, 5) is 11.9. The van der Waals surface area contributed by atoms with Crippen LogP contribution in [0.3, 0.4) is 0 Å². The lowest BCUT2D eigenvalue weighted by molar-refractivity contribution is 0.0953. The van der Waals surface area contributed by atoms with Crippen LogP contribution in [0.1, 0.15) is 27.2 Å². The second-order valence-electron chi connectivity index (χ2n) is 5.33. The van der Waals surface area contributed by atoms with Gasteiger partial charge in [0.2, 0.25) is 0 Å². The number of rotatable bonds is 6. The maximum atomic E-state index is 13.4. The first kappa shape index (κ1) is 16.2. The molecule has 0 aliphatic heterocycles. The minimum absolute atomic E-state index is 0.269. The quantitative estimate of drug-likeness (QED) is 0.799. The summed E-state index contributed by atoms with van der Waals surface area (Å²) in [6.45, 7) is 5.43. The summed E-state index contributed by atoms with van der Waals surface area (Å²) in [5.74, 6) is -0.633. The standard InChI is InChI=1S/C16H21FN4O/c1-11-4-5-13(8-14(11)17)16(22)19-7-6-18-9-15-12(2)10-21(3)20-15/h4-5,8,10,18H,6-7,9H2,1-3H3,(H,19,22). The fourth-order valence-corrected chi connectivity index (χ4v) is 2.14. The zero-order valence-corrected chi connectivity index (χ0v) is 13.1. The van der Waals surface area contributed by atoms with Crippen molar-refractivity contribution >= 4 is 5.91 Å². The van der Waals surface area contributed by atoms with E-state index in [4.69, 9.17) is 0 Å². The molecule has 0 aliphatic carbocycles. The third-order valence-corrected chi connectivity index (χ3v) is 3.43. The highest BCUT2D eigenvalue weighted by Crippen LogP contribution is 2.08. The van der Waals surface area contributed by atoms with E-state index in [1.165, 1.54) is 6.07 Å². The van der Waals surface area contributed by atoms with Crippen molar-refractivity contribution in [2.24, 2.45) is 7.05 Å². The lowest BCUT2D eigenvalue weighted by Gasteiger charge is -2.07. The van der Waals surface area contributed by atoms with E-state index in [-0.39, 0.29) is 11.7 Å². The number of carbonyl (C=O) groups excluding carboxylic acids is 1. The molecule has 2 aromatic rings. The second-order valence-corrected chi connectivity index (χ2v) is 5.33. The predicted octanol–water partition coefficient (Wildman–Crippen LogP) is 1.70. The summed E-state index contributed by atoms with van der Waals surface area (Å²) in [6.07, 6.45) is 1.96. The van der Waals surface area contributed by atoms with Crippen LogP contribution in [-0.4, -0.2) is 28.8 Å². The maximum Gasteiger partial charge on any atom is 0.251 e. The van der Waals surface area contributed by atoms with E-state index in [1.807, 2.05) is 20.2 Å². The molecule has 0 spiro atoms. The van der Waals surface area contributed by atoms with Crippen LogP contribution in [-0.2, 0) is 13.6 Å². The van der Waals surface area contributed by atoms with E-state index in [9.17, 15) is 9.18 Å². The number of carbonyl (C=O) groups is 1. The minimum Gasteiger partial charge on any atom is -0.351 e. The Morgan fingerprint density at radius 2 is 2.05 bits per heavy atom. The zero-order valence-electron chi connectivity index (χ0n) is 13.1. The first-order chi connectivity index (χ1) is 10.5. The molecule has 0 saturated carbocycles. The molecule has 0 aliphatic rings. The fraction of sp³-hybridized carbons (Fsp3) is 0.375. The van der Waals surface area contributed by atoms with Crippen LogP contribution >= 0.6 is 0 Å². The maximum absolute atomic E-state index is 13.4. The van der Waals surface area contributed by atoms with Gasteiger partial charge in [-0.3, -0.25) is 9.48 Å². The summed E-state index contributed by atoms with van der Waals surface area (Å²) in [5.41, 5.74) is 3.00. The van der Waals surface area contributed by atoms with Crippen molar-refractivity contribution in [3.05, 3.63) is 52.6 Å². The van der Waals surface area contributed by atoms with Gasteiger partial charge >= 0.3 is 0 Å². The largest absolute Gasteiger partial charge is 0.351 e. The Morgan fingerprint density at radius 1 is 1.27 bits per heavy atom. The topological polar surface area (TPSA) is 59.0 Å². The van der Waals surface area contributed by atoms with Gasteiger partial charge in [0, 0.05) is 38.4 Å². The Balaban J connectivity index is 1.73. The number of benzene rings is 1. The van der Waals surface area contributed by atoms with Crippen molar-refractivity contribution in [1.29, 1.82) is 0 Å². The summed E-state index contributed by atoms with van der Waals surface area (Å²) in [5, 5.41) is 10.3. The number of nitrogens with zero attached hydrogens (tertiary/aromatic N) is 2. The van der Waals surface area contributed by atoms with Gasteiger partial charge in [0.1, 0.15) is 5.82 Å². The van der Waals surface area contributed by atoms with E-state index in [1.54, 1.807) is 23.7 Å². The molecule has 5 nitrogen and oxygen atoms in total. The highest BCUT2D eigenvalue weighted by atomic mass is 19.1. The molecule has 0 bridgehead atoms. The molecule has 0 radical (unpaired) electrons. The SMILES string of the molecule is Cc1ccc(C(=O)NCCNCc2nn(C)cc2C)cc1F. The Labute approximate surface area is 129 Å². The molecule has 1 aromatic carbocycles. The third kappa shape index (κ3) is 4.14. The smallest absolute Gasteiger partial charge is 0.251 e. The van der Waals surface area contributed by atoms with Crippen LogP contribution in [0.5, 0.6) is 0 Å². The molecule has 0 unspecified atom stereocenters. The highest BCUT2D eigenvalue weighted by molar-refractivity contribution is 5.94. The highest BCUT2D eigenvalue weighted by Gasteiger charge is 2.07. The van der Waals surface area contributed by atoms with Gasteiger partial charge in [-0.1, -0.05) is 6.07 Å². The van der Waals surface area contributed by atoms with E-state index < -0.39 is 0 Å². The van der Waals surface area contributed by atoms with E-state index in [0.29, 0.717) is 30.8 Å². The Kier molecular flexibility index (Phi) is 5.27. The number of aromatic nitrogens is 2. The molecule has 6 heteroatoms. The van der Waals surface area contributed by atoms with Gasteiger partial charge in [0.15, 0.2) is 0 Å². The van der Waals surface area contributed by atoms with Crippen molar-refractivity contribution in [2.75, 3.05) is 13.1 Å². The van der Waals surface area contributed by atoms with E-state index in [2.05, 4.69) is 15.7 Å². The van der Waals surface area contributed by atoms with Crippen LogP contribution in [0.25, 0.3) is 0 Å². The monoisotopic (exact) mass is 304 g/mol. The second kappa shape index (κ2) is 7.17. The van der Waals surface area contributed by atoms with Crippen LogP contribution in [0, 0.1) is 19.7 Å². The molecule has 1 aromatic heterocycles. The zero-order chi connectivity index (χ0) is 16.1. The molecule has 2 rings (SSSR count). The Morgan fingerprint density at radius 3 is 2.68 bits per heavy atom. The molecule has 1 heterocycles. The molecule has 118 valence electrons. The Bertz CT molecular complexity index is 666. The molecule has 2 N–H and O–H groups in total. The number of amides is 1. The van der Waals surface area contributed by atoms with Gasteiger partial charge in [0.05, 0.1) is 5.69 Å².